The first kappa shape index (κ1) is 20.5. The number of benzene rings is 2. The van der Waals surface area contributed by atoms with E-state index in [1.807, 2.05) is 71.6 Å². The van der Waals surface area contributed by atoms with Crippen LogP contribution in [0.2, 0.25) is 0 Å². The number of hydrogen-bond donors (Lipinski definition) is 0. The van der Waals surface area contributed by atoms with E-state index >= 15 is 0 Å². The zero-order valence-corrected chi connectivity index (χ0v) is 18.0. The Kier molecular flexibility index (Phi) is 5.77. The van der Waals surface area contributed by atoms with Gasteiger partial charge in [-0.05, 0) is 23.8 Å². The molecule has 164 valence electrons. The van der Waals surface area contributed by atoms with Gasteiger partial charge in [-0.25, -0.2) is 4.79 Å². The van der Waals surface area contributed by atoms with E-state index in [2.05, 4.69) is 16.0 Å². The molecule has 2 aromatic carbocycles. The summed E-state index contributed by atoms with van der Waals surface area (Å²) in [5.74, 6) is 0.869. The first-order valence-electron chi connectivity index (χ1n) is 11.0. The Hall–Kier alpha value is -3.38. The minimum Gasteiger partial charge on any atom is -0.487 e. The molecule has 0 bridgehead atoms. The lowest BCUT2D eigenvalue weighted by Crippen LogP contribution is -2.37. The average molecular weight is 430 g/mol. The van der Waals surface area contributed by atoms with E-state index < -0.39 is 5.60 Å². The second kappa shape index (κ2) is 9.01. The minimum atomic E-state index is -0.421. The van der Waals surface area contributed by atoms with Gasteiger partial charge in [0.25, 0.3) is 0 Å². The molecule has 3 aromatic rings. The predicted octanol–water partition coefficient (Wildman–Crippen LogP) is 4.26. The van der Waals surface area contributed by atoms with Crippen molar-refractivity contribution in [1.82, 2.24) is 14.8 Å². The lowest BCUT2D eigenvalue weighted by Gasteiger charge is -2.23. The summed E-state index contributed by atoms with van der Waals surface area (Å²) in [5, 5.41) is 0. The van der Waals surface area contributed by atoms with Gasteiger partial charge in [0.15, 0.2) is 0 Å². The summed E-state index contributed by atoms with van der Waals surface area (Å²) in [6.45, 7) is 4.05. The van der Waals surface area contributed by atoms with E-state index in [-0.39, 0.29) is 6.09 Å². The number of rotatable bonds is 7. The number of aromatic nitrogens is 1. The van der Waals surface area contributed by atoms with Crippen molar-refractivity contribution in [2.24, 2.45) is 0 Å². The maximum absolute atomic E-state index is 12.5. The Morgan fingerprint density at radius 1 is 0.938 bits per heavy atom. The quantitative estimate of drug-likeness (QED) is 0.562. The van der Waals surface area contributed by atoms with Crippen LogP contribution in [0.5, 0.6) is 5.75 Å². The number of para-hydroxylation sites is 1. The molecule has 2 aliphatic rings. The van der Waals surface area contributed by atoms with Crippen LogP contribution >= 0.6 is 0 Å². The van der Waals surface area contributed by atoms with E-state index in [0.29, 0.717) is 19.7 Å². The highest BCUT2D eigenvalue weighted by atomic mass is 16.6. The molecule has 1 amide bonds. The van der Waals surface area contributed by atoms with Crippen LogP contribution in [0.15, 0.2) is 79.0 Å². The van der Waals surface area contributed by atoms with Crippen molar-refractivity contribution in [1.29, 1.82) is 0 Å². The van der Waals surface area contributed by atoms with Gasteiger partial charge in [-0.3, -0.25) is 14.8 Å². The molecular formula is C26H27N3O3. The lowest BCUT2D eigenvalue weighted by atomic mass is 10.0. The van der Waals surface area contributed by atoms with Crippen molar-refractivity contribution >= 4 is 6.09 Å². The summed E-state index contributed by atoms with van der Waals surface area (Å²) >= 11 is 0. The van der Waals surface area contributed by atoms with Gasteiger partial charge in [0, 0.05) is 44.4 Å². The molecule has 6 nitrogen and oxygen atoms in total. The number of hydrogen-bond acceptors (Lipinski definition) is 5. The van der Waals surface area contributed by atoms with Crippen molar-refractivity contribution in [2.75, 3.05) is 19.6 Å². The molecule has 2 saturated heterocycles. The normalized spacial score (nSPS) is 20.6. The fourth-order valence-corrected chi connectivity index (χ4v) is 4.54. The number of nitrogens with zero attached hydrogens (tertiary/aromatic N) is 3. The summed E-state index contributed by atoms with van der Waals surface area (Å²) in [7, 11) is 0. The van der Waals surface area contributed by atoms with Crippen LogP contribution in [0.25, 0.3) is 0 Å². The molecule has 32 heavy (non-hydrogen) atoms. The van der Waals surface area contributed by atoms with Crippen molar-refractivity contribution in [2.45, 2.75) is 31.7 Å². The lowest BCUT2D eigenvalue weighted by molar-refractivity contribution is 0.0625. The molecule has 2 fully saturated rings. The van der Waals surface area contributed by atoms with E-state index in [9.17, 15) is 4.79 Å². The van der Waals surface area contributed by atoms with Crippen molar-refractivity contribution < 1.29 is 14.3 Å². The zero-order valence-electron chi connectivity index (χ0n) is 18.0. The number of carbonyl (C=O) groups excluding carboxylic acids is 1. The second-order valence-corrected chi connectivity index (χ2v) is 8.57. The molecule has 3 heterocycles. The van der Waals surface area contributed by atoms with Gasteiger partial charge in [-0.15, -0.1) is 0 Å². The number of amides is 1. The van der Waals surface area contributed by atoms with Crippen molar-refractivity contribution in [3.8, 4) is 5.75 Å². The van der Waals surface area contributed by atoms with E-state index in [4.69, 9.17) is 9.47 Å². The fraction of sp³-hybridized carbons (Fsp3) is 0.308. The Morgan fingerprint density at radius 3 is 2.59 bits per heavy atom. The Morgan fingerprint density at radius 2 is 1.75 bits per heavy atom. The molecule has 1 spiro atoms. The van der Waals surface area contributed by atoms with Gasteiger partial charge in [0.05, 0.1) is 12.2 Å². The molecular weight excluding hydrogens is 402 g/mol. The number of likely N-dealkylation sites (tertiary alicyclic amines) is 1. The molecule has 0 saturated carbocycles. The molecule has 1 atom stereocenters. The Bertz CT molecular complexity index is 1060. The van der Waals surface area contributed by atoms with Gasteiger partial charge in [0.1, 0.15) is 18.0 Å². The molecule has 2 aliphatic heterocycles. The van der Waals surface area contributed by atoms with Crippen LogP contribution in [0.3, 0.4) is 0 Å². The molecule has 6 heteroatoms. The van der Waals surface area contributed by atoms with Gasteiger partial charge in [-0.2, -0.15) is 0 Å². The summed E-state index contributed by atoms with van der Waals surface area (Å²) in [4.78, 5) is 21.0. The van der Waals surface area contributed by atoms with Gasteiger partial charge in [0.2, 0.25) is 0 Å². The molecule has 1 aromatic heterocycles. The topological polar surface area (TPSA) is 54.9 Å². The van der Waals surface area contributed by atoms with E-state index in [1.165, 1.54) is 0 Å². The van der Waals surface area contributed by atoms with Crippen LogP contribution in [0, 0.1) is 0 Å². The SMILES string of the molecule is O=C1O[C@]2(CCN(Cc3ccccc3OCc3ccccn3)C2)CN1Cc1ccccc1. The van der Waals surface area contributed by atoms with Gasteiger partial charge in [-0.1, -0.05) is 54.6 Å². The summed E-state index contributed by atoms with van der Waals surface area (Å²) in [5.41, 5.74) is 2.73. The third kappa shape index (κ3) is 4.60. The second-order valence-electron chi connectivity index (χ2n) is 8.57. The highest BCUT2D eigenvalue weighted by Gasteiger charge is 2.49. The summed E-state index contributed by atoms with van der Waals surface area (Å²) in [6.07, 6.45) is 2.41. The number of ether oxygens (including phenoxy) is 2. The van der Waals surface area contributed by atoms with E-state index in [0.717, 1.165) is 48.6 Å². The third-order valence-corrected chi connectivity index (χ3v) is 6.12. The highest BCUT2D eigenvalue weighted by molar-refractivity contribution is 5.71. The first-order valence-corrected chi connectivity index (χ1v) is 11.0. The first-order chi connectivity index (χ1) is 15.7. The van der Waals surface area contributed by atoms with Crippen molar-refractivity contribution in [3.05, 3.63) is 95.8 Å². The standard InChI is InChI=1S/C26H27N3O3/c30-25-29(16-21-8-2-1-3-9-21)20-26(32-25)13-15-28(19-26)17-22-10-4-5-12-24(22)31-18-23-11-6-7-14-27-23/h1-12,14H,13,15-20H2/t26-/m0/s1. The molecule has 5 rings (SSSR count). The number of carbonyl (C=O) groups is 1. The minimum absolute atomic E-state index is 0.213. The maximum atomic E-state index is 12.5. The number of pyridine rings is 1. The predicted molar refractivity (Wildman–Crippen MR) is 121 cm³/mol. The average Bonchev–Trinajstić information content (AvgIpc) is 3.35. The van der Waals surface area contributed by atoms with Gasteiger partial charge < -0.3 is 9.47 Å². The van der Waals surface area contributed by atoms with Crippen LogP contribution in [-0.4, -0.2) is 46.1 Å². The van der Waals surface area contributed by atoms with Gasteiger partial charge >= 0.3 is 6.09 Å². The van der Waals surface area contributed by atoms with Crippen LogP contribution in [0.4, 0.5) is 4.79 Å². The molecule has 0 unspecified atom stereocenters. The summed E-state index contributed by atoms with van der Waals surface area (Å²) in [6, 6.07) is 24.0. The molecule has 0 aliphatic carbocycles. The maximum Gasteiger partial charge on any atom is 0.410 e. The van der Waals surface area contributed by atoms with Crippen molar-refractivity contribution in [3.63, 3.8) is 0 Å². The third-order valence-electron chi connectivity index (χ3n) is 6.12. The highest BCUT2D eigenvalue weighted by Crippen LogP contribution is 2.34. The Labute approximate surface area is 188 Å². The molecule has 0 N–H and O–H groups in total. The monoisotopic (exact) mass is 429 g/mol. The summed E-state index contributed by atoms with van der Waals surface area (Å²) < 4.78 is 12.0. The largest absolute Gasteiger partial charge is 0.487 e. The van der Waals surface area contributed by atoms with Crippen LogP contribution < -0.4 is 4.74 Å². The molecule has 0 radical (unpaired) electrons. The smallest absolute Gasteiger partial charge is 0.410 e. The Balaban J connectivity index is 1.21. The van der Waals surface area contributed by atoms with Crippen LogP contribution in [-0.2, 0) is 24.4 Å². The van der Waals surface area contributed by atoms with E-state index in [1.54, 1.807) is 6.20 Å². The fourth-order valence-electron chi connectivity index (χ4n) is 4.54. The van der Waals surface area contributed by atoms with Crippen LogP contribution in [0.1, 0.15) is 23.2 Å². The zero-order chi connectivity index (χ0) is 21.8.